The molecular weight excluding hydrogens is 500 g/mol. The molecule has 0 aliphatic rings. The quantitative estimate of drug-likeness (QED) is 0.233. The van der Waals surface area contributed by atoms with Crippen molar-refractivity contribution in [1.29, 1.82) is 0 Å². The van der Waals surface area contributed by atoms with Gasteiger partial charge in [-0.3, -0.25) is 4.79 Å². The van der Waals surface area contributed by atoms with Gasteiger partial charge in [0.15, 0.2) is 0 Å². The van der Waals surface area contributed by atoms with Gasteiger partial charge in [0.05, 0.1) is 32.6 Å². The molecule has 3 aromatic heterocycles. The Morgan fingerprint density at radius 3 is 2.54 bits per heavy atom. The molecule has 2 aromatic carbocycles. The zero-order valence-electron chi connectivity index (χ0n) is 18.6. The summed E-state index contributed by atoms with van der Waals surface area (Å²) in [4.78, 5) is 32.1. The van der Waals surface area contributed by atoms with Crippen molar-refractivity contribution in [2.24, 2.45) is 0 Å². The third kappa shape index (κ3) is 4.71. The fourth-order valence-corrected chi connectivity index (χ4v) is 5.75. The number of hydrogen-bond acceptors (Lipinski definition) is 6. The lowest BCUT2D eigenvalue weighted by Crippen LogP contribution is -2.15. The van der Waals surface area contributed by atoms with Gasteiger partial charge in [0.1, 0.15) is 10.6 Å². The third-order valence-electron chi connectivity index (χ3n) is 5.37. The molecule has 0 atom stereocenters. The highest BCUT2D eigenvalue weighted by Gasteiger charge is 2.24. The molecule has 0 bridgehead atoms. The summed E-state index contributed by atoms with van der Waals surface area (Å²) in [5.41, 5.74) is 3.75. The van der Waals surface area contributed by atoms with Crippen molar-refractivity contribution in [1.82, 2.24) is 4.98 Å². The number of thiophene rings is 2. The summed E-state index contributed by atoms with van der Waals surface area (Å²) in [6, 6.07) is 22.5. The molecule has 5 rings (SSSR count). The number of aromatic nitrogens is 1. The van der Waals surface area contributed by atoms with Gasteiger partial charge in [0.25, 0.3) is 5.91 Å². The maximum Gasteiger partial charge on any atom is 0.341 e. The Hall–Kier alpha value is -3.52. The molecule has 0 saturated carbocycles. The molecular formula is C27H19ClN2O3S2. The molecule has 35 heavy (non-hydrogen) atoms. The molecule has 1 amide bonds. The topological polar surface area (TPSA) is 68.3 Å². The lowest BCUT2D eigenvalue weighted by atomic mass is 10.0. The molecule has 1 N–H and O–H groups in total. The zero-order valence-corrected chi connectivity index (χ0v) is 21.0. The average Bonchev–Trinajstić information content (AvgIpc) is 3.50. The van der Waals surface area contributed by atoms with E-state index in [9.17, 15) is 9.59 Å². The second kappa shape index (κ2) is 10.00. The Kier molecular flexibility index (Phi) is 6.63. The summed E-state index contributed by atoms with van der Waals surface area (Å²) in [5, 5.41) is 5.98. The van der Waals surface area contributed by atoms with Gasteiger partial charge >= 0.3 is 5.97 Å². The number of anilines is 1. The van der Waals surface area contributed by atoms with E-state index in [0.29, 0.717) is 37.1 Å². The van der Waals surface area contributed by atoms with Gasteiger partial charge < -0.3 is 10.1 Å². The maximum atomic E-state index is 13.6. The van der Waals surface area contributed by atoms with Crippen molar-refractivity contribution in [2.45, 2.75) is 6.92 Å². The summed E-state index contributed by atoms with van der Waals surface area (Å²) in [5.74, 6) is -0.809. The molecule has 3 heterocycles. The first-order chi connectivity index (χ1) is 17.0. The van der Waals surface area contributed by atoms with E-state index in [-0.39, 0.29) is 12.5 Å². The number of fused-ring (bicyclic) bond motifs is 1. The van der Waals surface area contributed by atoms with E-state index in [0.717, 1.165) is 16.0 Å². The summed E-state index contributed by atoms with van der Waals surface area (Å²) >= 11 is 8.83. The minimum Gasteiger partial charge on any atom is -0.462 e. The predicted molar refractivity (Wildman–Crippen MR) is 144 cm³/mol. The number of hydrogen-bond donors (Lipinski definition) is 1. The van der Waals surface area contributed by atoms with Crippen molar-refractivity contribution >= 4 is 62.1 Å². The Morgan fingerprint density at radius 1 is 1.03 bits per heavy atom. The number of pyridine rings is 1. The van der Waals surface area contributed by atoms with Gasteiger partial charge in [-0.05, 0) is 36.8 Å². The van der Waals surface area contributed by atoms with E-state index < -0.39 is 5.97 Å². The highest BCUT2D eigenvalue weighted by Crippen LogP contribution is 2.37. The van der Waals surface area contributed by atoms with Gasteiger partial charge in [0.2, 0.25) is 0 Å². The van der Waals surface area contributed by atoms with E-state index >= 15 is 0 Å². The van der Waals surface area contributed by atoms with Gasteiger partial charge in [-0.1, -0.05) is 60.1 Å². The second-order valence-electron chi connectivity index (χ2n) is 7.57. The Bertz CT molecular complexity index is 1540. The minimum absolute atomic E-state index is 0.234. The third-order valence-corrected chi connectivity index (χ3v) is 7.52. The zero-order chi connectivity index (χ0) is 24.4. The molecule has 0 spiro atoms. The van der Waals surface area contributed by atoms with Crippen molar-refractivity contribution in [3.8, 4) is 21.7 Å². The number of benzene rings is 2. The highest BCUT2D eigenvalue weighted by atomic mass is 35.5. The van der Waals surface area contributed by atoms with Crippen molar-refractivity contribution in [3.05, 3.63) is 93.6 Å². The van der Waals surface area contributed by atoms with Crippen LogP contribution >= 0.6 is 34.3 Å². The molecule has 0 saturated heterocycles. The molecule has 0 unspecified atom stereocenters. The minimum atomic E-state index is -0.476. The van der Waals surface area contributed by atoms with Crippen LogP contribution in [-0.2, 0) is 4.74 Å². The van der Waals surface area contributed by atoms with Crippen LogP contribution < -0.4 is 5.32 Å². The fraction of sp³-hybridized carbons (Fsp3) is 0.0741. The summed E-state index contributed by atoms with van der Waals surface area (Å²) < 4.78 is 5.97. The molecule has 8 heteroatoms. The molecule has 0 radical (unpaired) electrons. The molecule has 0 aliphatic heterocycles. The maximum absolute atomic E-state index is 13.6. The molecule has 5 aromatic rings. The van der Waals surface area contributed by atoms with E-state index in [1.807, 2.05) is 66.0 Å². The normalized spacial score (nSPS) is 10.9. The smallest absolute Gasteiger partial charge is 0.341 e. The van der Waals surface area contributed by atoms with Crippen molar-refractivity contribution in [3.63, 3.8) is 0 Å². The Labute approximate surface area is 215 Å². The summed E-state index contributed by atoms with van der Waals surface area (Å²) in [7, 11) is 0. The lowest BCUT2D eigenvalue weighted by Gasteiger charge is -2.11. The first-order valence-corrected chi connectivity index (χ1v) is 12.9. The Morgan fingerprint density at radius 2 is 1.80 bits per heavy atom. The van der Waals surface area contributed by atoms with E-state index in [2.05, 4.69) is 5.32 Å². The first-order valence-electron chi connectivity index (χ1n) is 10.9. The largest absolute Gasteiger partial charge is 0.462 e. The number of nitrogens with one attached hydrogen (secondary N) is 1. The standard InChI is InChI=1S/C27H19ClN2O3S2/c1-2-33-27(32)24-19(16-8-4-3-5-9-16)15-34-26(24)30-25(31)18-14-21(22-12-13-23(28)35-22)29-20-11-7-6-10-17(18)20/h3-15H,2H2,1H3,(H,30,31). The monoisotopic (exact) mass is 518 g/mol. The first kappa shape index (κ1) is 23.2. The number of esters is 1. The van der Waals surface area contributed by atoms with Gasteiger partial charge in [-0.15, -0.1) is 22.7 Å². The number of amides is 1. The SMILES string of the molecule is CCOC(=O)c1c(-c2ccccc2)csc1NC(=O)c1cc(-c2ccc(Cl)s2)nc2ccccc12. The van der Waals surface area contributed by atoms with Crippen LogP contribution in [-0.4, -0.2) is 23.5 Å². The summed E-state index contributed by atoms with van der Waals surface area (Å²) in [6.07, 6.45) is 0. The molecule has 174 valence electrons. The summed E-state index contributed by atoms with van der Waals surface area (Å²) in [6.45, 7) is 1.99. The average molecular weight is 519 g/mol. The highest BCUT2D eigenvalue weighted by molar-refractivity contribution is 7.19. The van der Waals surface area contributed by atoms with Crippen molar-refractivity contribution < 1.29 is 14.3 Å². The number of para-hydroxylation sites is 1. The van der Waals surface area contributed by atoms with Crippen molar-refractivity contribution in [2.75, 3.05) is 11.9 Å². The molecule has 5 nitrogen and oxygen atoms in total. The van der Waals surface area contributed by atoms with E-state index in [1.54, 1.807) is 19.1 Å². The lowest BCUT2D eigenvalue weighted by molar-refractivity contribution is 0.0529. The number of ether oxygens (including phenoxy) is 1. The molecule has 0 aliphatic carbocycles. The number of nitrogens with zero attached hydrogens (tertiary/aromatic N) is 1. The van der Waals surface area contributed by atoms with Crippen LogP contribution in [0.3, 0.4) is 0 Å². The van der Waals surface area contributed by atoms with Crippen LogP contribution in [0.1, 0.15) is 27.6 Å². The number of carbonyl (C=O) groups is 2. The second-order valence-corrected chi connectivity index (χ2v) is 10.2. The van der Waals surface area contributed by atoms with Gasteiger partial charge in [-0.2, -0.15) is 0 Å². The van der Waals surface area contributed by atoms with Crippen LogP contribution in [0.2, 0.25) is 4.34 Å². The van der Waals surface area contributed by atoms with Gasteiger partial charge in [-0.25, -0.2) is 9.78 Å². The van der Waals surface area contributed by atoms with Gasteiger partial charge in [0, 0.05) is 16.3 Å². The van der Waals surface area contributed by atoms with Crippen LogP contribution in [0.5, 0.6) is 0 Å². The van der Waals surface area contributed by atoms with Crippen LogP contribution in [0, 0.1) is 0 Å². The number of halogens is 1. The fourth-order valence-electron chi connectivity index (χ4n) is 3.80. The van der Waals surface area contributed by atoms with E-state index in [4.69, 9.17) is 21.3 Å². The predicted octanol–water partition coefficient (Wildman–Crippen LogP) is 7.77. The van der Waals surface area contributed by atoms with Crippen LogP contribution in [0.25, 0.3) is 32.6 Å². The Balaban J connectivity index is 1.58. The molecule has 0 fully saturated rings. The number of rotatable bonds is 6. The van der Waals surface area contributed by atoms with E-state index in [1.165, 1.54) is 22.7 Å². The van der Waals surface area contributed by atoms with Crippen LogP contribution in [0.4, 0.5) is 5.00 Å². The van der Waals surface area contributed by atoms with Crippen LogP contribution in [0.15, 0.2) is 78.2 Å². The number of carbonyl (C=O) groups excluding carboxylic acids is 2.